The lowest BCUT2D eigenvalue weighted by Crippen LogP contribution is -2.23. The summed E-state index contributed by atoms with van der Waals surface area (Å²) in [6.45, 7) is 4.05. The summed E-state index contributed by atoms with van der Waals surface area (Å²) < 4.78 is 0. The Labute approximate surface area is 126 Å². The predicted octanol–water partition coefficient (Wildman–Crippen LogP) is 3.32. The van der Waals surface area contributed by atoms with E-state index in [1.807, 2.05) is 6.07 Å². The molecule has 2 nitrogen and oxygen atoms in total. The zero-order valence-corrected chi connectivity index (χ0v) is 12.5. The van der Waals surface area contributed by atoms with Crippen molar-refractivity contribution >= 4 is 5.78 Å². The zero-order chi connectivity index (χ0) is 14.7. The van der Waals surface area contributed by atoms with Crippen LogP contribution in [0.2, 0.25) is 0 Å². The van der Waals surface area contributed by atoms with Crippen molar-refractivity contribution in [2.75, 3.05) is 6.54 Å². The lowest BCUT2D eigenvalue weighted by molar-refractivity contribution is 0.0993. The number of aryl methyl sites for hydroxylation is 1. The largest absolute Gasteiger partial charge is 0.312 e. The van der Waals surface area contributed by atoms with Crippen molar-refractivity contribution in [1.29, 1.82) is 0 Å². The Bertz CT molecular complexity index is 643. The van der Waals surface area contributed by atoms with Crippen LogP contribution in [0.25, 0.3) is 0 Å². The summed E-state index contributed by atoms with van der Waals surface area (Å²) in [6, 6.07) is 14.5. The standard InChI is InChI=1S/C19H21NO/c1-2-14-3-5-15(6-4-14)11-19(21)17-8-7-16-9-10-20-13-18(16)12-17/h3-8,12,20H,2,9-11,13H2,1H3. The van der Waals surface area contributed by atoms with Gasteiger partial charge >= 0.3 is 0 Å². The van der Waals surface area contributed by atoms with Gasteiger partial charge in [0.1, 0.15) is 0 Å². The molecule has 0 spiro atoms. The topological polar surface area (TPSA) is 29.1 Å². The molecule has 1 heterocycles. The molecule has 2 heteroatoms. The molecule has 0 saturated heterocycles. The first-order chi connectivity index (χ1) is 10.3. The molecule has 21 heavy (non-hydrogen) atoms. The van der Waals surface area contributed by atoms with E-state index in [1.54, 1.807) is 0 Å². The Balaban J connectivity index is 1.75. The number of Topliss-reactive ketones (excluding diaryl/α,β-unsaturated/α-hetero) is 1. The van der Waals surface area contributed by atoms with Gasteiger partial charge in [0.15, 0.2) is 5.78 Å². The highest BCUT2D eigenvalue weighted by atomic mass is 16.1. The monoisotopic (exact) mass is 279 g/mol. The van der Waals surface area contributed by atoms with E-state index >= 15 is 0 Å². The molecule has 1 aliphatic rings. The molecule has 0 aliphatic carbocycles. The number of hydrogen-bond acceptors (Lipinski definition) is 2. The highest BCUT2D eigenvalue weighted by Gasteiger charge is 2.13. The van der Waals surface area contributed by atoms with Crippen molar-refractivity contribution in [1.82, 2.24) is 5.32 Å². The first-order valence-electron chi connectivity index (χ1n) is 7.70. The summed E-state index contributed by atoms with van der Waals surface area (Å²) in [4.78, 5) is 12.4. The Morgan fingerprint density at radius 1 is 1.05 bits per heavy atom. The zero-order valence-electron chi connectivity index (χ0n) is 12.5. The van der Waals surface area contributed by atoms with Gasteiger partial charge in [-0.05, 0) is 47.7 Å². The Hall–Kier alpha value is -1.93. The van der Waals surface area contributed by atoms with Gasteiger partial charge in [-0.3, -0.25) is 4.79 Å². The minimum atomic E-state index is 0.202. The molecule has 2 aromatic rings. The van der Waals surface area contributed by atoms with Crippen molar-refractivity contribution in [3.05, 3.63) is 70.3 Å². The average Bonchev–Trinajstić information content (AvgIpc) is 2.55. The lowest BCUT2D eigenvalue weighted by Gasteiger charge is -2.17. The minimum absolute atomic E-state index is 0.202. The molecule has 0 aromatic heterocycles. The summed E-state index contributed by atoms with van der Waals surface area (Å²) in [5.74, 6) is 0.202. The van der Waals surface area contributed by atoms with Crippen LogP contribution in [0.1, 0.15) is 39.5 Å². The molecule has 0 atom stereocenters. The normalized spacial score (nSPS) is 13.8. The van der Waals surface area contributed by atoms with E-state index in [9.17, 15) is 4.79 Å². The van der Waals surface area contributed by atoms with E-state index in [4.69, 9.17) is 0 Å². The molecule has 0 bridgehead atoms. The molecule has 0 radical (unpaired) electrons. The number of benzene rings is 2. The second kappa shape index (κ2) is 6.23. The van der Waals surface area contributed by atoms with Gasteiger partial charge in [0.25, 0.3) is 0 Å². The average molecular weight is 279 g/mol. The van der Waals surface area contributed by atoms with Gasteiger partial charge in [0.05, 0.1) is 0 Å². The van der Waals surface area contributed by atoms with E-state index in [1.165, 1.54) is 16.7 Å². The van der Waals surface area contributed by atoms with E-state index in [0.29, 0.717) is 6.42 Å². The molecule has 108 valence electrons. The number of hydrogen-bond donors (Lipinski definition) is 1. The minimum Gasteiger partial charge on any atom is -0.312 e. The van der Waals surface area contributed by atoms with Gasteiger partial charge in [0.2, 0.25) is 0 Å². The molecule has 0 amide bonds. The number of fused-ring (bicyclic) bond motifs is 1. The number of carbonyl (C=O) groups is 1. The SMILES string of the molecule is CCc1ccc(CC(=O)c2ccc3c(c2)CNCC3)cc1. The highest BCUT2D eigenvalue weighted by molar-refractivity contribution is 5.97. The fraction of sp³-hybridized carbons (Fsp3) is 0.316. The van der Waals surface area contributed by atoms with Crippen LogP contribution in [0, 0.1) is 0 Å². The van der Waals surface area contributed by atoms with Crippen LogP contribution < -0.4 is 5.32 Å². The molecule has 2 aromatic carbocycles. The van der Waals surface area contributed by atoms with Gasteiger partial charge in [-0.25, -0.2) is 0 Å². The van der Waals surface area contributed by atoms with E-state index < -0.39 is 0 Å². The lowest BCUT2D eigenvalue weighted by atomic mass is 9.95. The molecule has 0 unspecified atom stereocenters. The predicted molar refractivity (Wildman–Crippen MR) is 85.7 cm³/mol. The highest BCUT2D eigenvalue weighted by Crippen LogP contribution is 2.17. The van der Waals surface area contributed by atoms with Crippen LogP contribution in [-0.2, 0) is 25.8 Å². The van der Waals surface area contributed by atoms with Gasteiger partial charge in [0, 0.05) is 18.5 Å². The van der Waals surface area contributed by atoms with Gasteiger partial charge in [-0.2, -0.15) is 0 Å². The van der Waals surface area contributed by atoms with Crippen LogP contribution in [0.5, 0.6) is 0 Å². The number of rotatable bonds is 4. The fourth-order valence-electron chi connectivity index (χ4n) is 2.83. The van der Waals surface area contributed by atoms with Crippen LogP contribution in [0.15, 0.2) is 42.5 Å². The fourth-order valence-corrected chi connectivity index (χ4v) is 2.83. The van der Waals surface area contributed by atoms with E-state index in [-0.39, 0.29) is 5.78 Å². The third-order valence-corrected chi connectivity index (χ3v) is 4.21. The Morgan fingerprint density at radius 3 is 2.57 bits per heavy atom. The second-order valence-electron chi connectivity index (χ2n) is 5.68. The number of ketones is 1. The van der Waals surface area contributed by atoms with Gasteiger partial charge < -0.3 is 5.32 Å². The van der Waals surface area contributed by atoms with E-state index in [2.05, 4.69) is 48.6 Å². The summed E-state index contributed by atoms with van der Waals surface area (Å²) in [6.07, 6.45) is 2.57. The number of carbonyl (C=O) groups excluding carboxylic acids is 1. The maximum Gasteiger partial charge on any atom is 0.167 e. The van der Waals surface area contributed by atoms with Crippen molar-refractivity contribution in [2.45, 2.75) is 32.7 Å². The number of nitrogens with one attached hydrogen (secondary N) is 1. The molecule has 0 fully saturated rings. The summed E-state index contributed by atoms with van der Waals surface area (Å²) >= 11 is 0. The van der Waals surface area contributed by atoms with Gasteiger partial charge in [-0.1, -0.05) is 43.3 Å². The van der Waals surface area contributed by atoms with Crippen molar-refractivity contribution < 1.29 is 4.79 Å². The summed E-state index contributed by atoms with van der Waals surface area (Å²) in [5.41, 5.74) is 5.88. The third-order valence-electron chi connectivity index (χ3n) is 4.21. The maximum atomic E-state index is 12.4. The Kier molecular flexibility index (Phi) is 4.16. The molecule has 1 N–H and O–H groups in total. The summed E-state index contributed by atoms with van der Waals surface area (Å²) in [5, 5.41) is 3.36. The van der Waals surface area contributed by atoms with Crippen LogP contribution in [-0.4, -0.2) is 12.3 Å². The first kappa shape index (κ1) is 14.0. The molecule has 1 aliphatic heterocycles. The van der Waals surface area contributed by atoms with Gasteiger partial charge in [-0.15, -0.1) is 0 Å². The Morgan fingerprint density at radius 2 is 1.81 bits per heavy atom. The second-order valence-corrected chi connectivity index (χ2v) is 5.68. The van der Waals surface area contributed by atoms with Crippen LogP contribution in [0.4, 0.5) is 0 Å². The molecule has 0 saturated carbocycles. The summed E-state index contributed by atoms with van der Waals surface area (Å²) in [7, 11) is 0. The van der Waals surface area contributed by atoms with E-state index in [0.717, 1.165) is 37.1 Å². The van der Waals surface area contributed by atoms with Crippen molar-refractivity contribution in [3.8, 4) is 0 Å². The third kappa shape index (κ3) is 3.22. The maximum absolute atomic E-state index is 12.4. The smallest absolute Gasteiger partial charge is 0.167 e. The van der Waals surface area contributed by atoms with Crippen molar-refractivity contribution in [2.24, 2.45) is 0 Å². The molecular weight excluding hydrogens is 258 g/mol. The molecule has 3 rings (SSSR count). The van der Waals surface area contributed by atoms with Crippen LogP contribution >= 0.6 is 0 Å². The van der Waals surface area contributed by atoms with Crippen LogP contribution in [0.3, 0.4) is 0 Å². The van der Waals surface area contributed by atoms with Crippen molar-refractivity contribution in [3.63, 3.8) is 0 Å². The quantitative estimate of drug-likeness (QED) is 0.870. The first-order valence-corrected chi connectivity index (χ1v) is 7.70. The molecular formula is C19H21NO.